The second-order valence-electron chi connectivity index (χ2n) is 6.02. The fourth-order valence-electron chi connectivity index (χ4n) is 2.48. The van der Waals surface area contributed by atoms with Gasteiger partial charge in [-0.1, -0.05) is 17.7 Å². The molecule has 9 heteroatoms. The van der Waals surface area contributed by atoms with Gasteiger partial charge in [0.1, 0.15) is 10.6 Å². The van der Waals surface area contributed by atoms with E-state index >= 15 is 0 Å². The van der Waals surface area contributed by atoms with Gasteiger partial charge in [-0.3, -0.25) is 4.79 Å². The monoisotopic (exact) mass is 406 g/mol. The van der Waals surface area contributed by atoms with Gasteiger partial charge >= 0.3 is 5.97 Å². The van der Waals surface area contributed by atoms with Gasteiger partial charge in [0.25, 0.3) is 5.91 Å². The first-order valence-corrected chi connectivity index (χ1v) is 9.82. The molecule has 0 aliphatic heterocycles. The van der Waals surface area contributed by atoms with E-state index in [-0.39, 0.29) is 16.2 Å². The molecule has 2 aromatic rings. The zero-order valence-electron chi connectivity index (χ0n) is 16.0. The van der Waals surface area contributed by atoms with Crippen LogP contribution in [0.25, 0.3) is 0 Å². The normalized spacial score (nSPS) is 11.0. The molecule has 0 spiro atoms. The number of aryl methyl sites for hydroxylation is 2. The van der Waals surface area contributed by atoms with Gasteiger partial charge in [-0.15, -0.1) is 0 Å². The second kappa shape index (κ2) is 8.85. The number of amides is 1. The lowest BCUT2D eigenvalue weighted by Gasteiger charge is -2.11. The van der Waals surface area contributed by atoms with Crippen LogP contribution in [0.2, 0.25) is 0 Å². The topological polar surface area (TPSA) is 111 Å². The van der Waals surface area contributed by atoms with Crippen molar-refractivity contribution in [2.75, 3.05) is 26.1 Å². The van der Waals surface area contributed by atoms with Crippen LogP contribution in [-0.4, -0.2) is 41.1 Å². The Balaban J connectivity index is 2.08. The first-order chi connectivity index (χ1) is 13.2. The molecule has 0 aliphatic rings. The van der Waals surface area contributed by atoms with Crippen molar-refractivity contribution in [3.8, 4) is 5.75 Å². The highest BCUT2D eigenvalue weighted by Gasteiger charge is 2.21. The first kappa shape index (κ1) is 21.4. The van der Waals surface area contributed by atoms with Crippen LogP contribution in [0.1, 0.15) is 21.5 Å². The molecule has 0 atom stereocenters. The molecule has 2 N–H and O–H groups in total. The summed E-state index contributed by atoms with van der Waals surface area (Å²) in [6, 6.07) is 9.38. The molecule has 2 aromatic carbocycles. The Morgan fingerprint density at radius 2 is 1.79 bits per heavy atom. The molecule has 0 aromatic heterocycles. The van der Waals surface area contributed by atoms with Crippen molar-refractivity contribution in [2.24, 2.45) is 0 Å². The van der Waals surface area contributed by atoms with Crippen molar-refractivity contribution in [1.29, 1.82) is 0 Å². The van der Waals surface area contributed by atoms with Crippen LogP contribution < -0.4 is 14.8 Å². The Morgan fingerprint density at radius 3 is 2.39 bits per heavy atom. The maximum atomic E-state index is 12.2. The van der Waals surface area contributed by atoms with Crippen LogP contribution in [0.3, 0.4) is 0 Å². The third kappa shape index (κ3) is 5.08. The number of hydrogen-bond acceptors (Lipinski definition) is 6. The van der Waals surface area contributed by atoms with Crippen LogP contribution in [0, 0.1) is 13.8 Å². The summed E-state index contributed by atoms with van der Waals surface area (Å²) in [6.45, 7) is 3.29. The summed E-state index contributed by atoms with van der Waals surface area (Å²) in [7, 11) is -1.27. The fraction of sp³-hybridized carbons (Fsp3) is 0.263. The quantitative estimate of drug-likeness (QED) is 0.681. The minimum atomic E-state index is -3.84. The molecule has 0 bridgehead atoms. The standard InChI is InChI=1S/C19H22N2O6S/c1-12-5-7-15(13(2)9-12)21-18(22)11-27-19(23)14-6-8-16(26-4)17(10-14)28(24,25)20-3/h5-10,20H,11H2,1-4H3,(H,21,22). The molecule has 0 heterocycles. The van der Waals surface area contributed by atoms with E-state index in [1.807, 2.05) is 26.0 Å². The van der Waals surface area contributed by atoms with E-state index < -0.39 is 28.5 Å². The lowest BCUT2D eigenvalue weighted by Crippen LogP contribution is -2.22. The van der Waals surface area contributed by atoms with Gasteiger partial charge < -0.3 is 14.8 Å². The SMILES string of the molecule is CNS(=O)(=O)c1cc(C(=O)OCC(=O)Nc2ccc(C)cc2C)ccc1OC. The highest BCUT2D eigenvalue weighted by Crippen LogP contribution is 2.25. The van der Waals surface area contributed by atoms with Crippen molar-refractivity contribution >= 4 is 27.6 Å². The van der Waals surface area contributed by atoms with Gasteiger partial charge in [-0.2, -0.15) is 0 Å². The Labute approximate surface area is 163 Å². The molecular weight excluding hydrogens is 384 g/mol. The van der Waals surface area contributed by atoms with Crippen molar-refractivity contribution in [3.63, 3.8) is 0 Å². The summed E-state index contributed by atoms with van der Waals surface area (Å²) < 4.78 is 36.3. The van der Waals surface area contributed by atoms with E-state index in [1.54, 1.807) is 6.07 Å². The van der Waals surface area contributed by atoms with Gasteiger partial charge in [-0.25, -0.2) is 17.9 Å². The Bertz CT molecular complexity index is 1000. The number of carbonyl (C=O) groups excluding carboxylic acids is 2. The number of benzene rings is 2. The highest BCUT2D eigenvalue weighted by atomic mass is 32.2. The largest absolute Gasteiger partial charge is 0.495 e. The summed E-state index contributed by atoms with van der Waals surface area (Å²) in [6.07, 6.45) is 0. The number of ether oxygens (including phenoxy) is 2. The molecule has 0 saturated heterocycles. The zero-order valence-corrected chi connectivity index (χ0v) is 16.8. The number of anilines is 1. The molecule has 150 valence electrons. The van der Waals surface area contributed by atoms with Gasteiger partial charge in [0.05, 0.1) is 12.7 Å². The number of sulfonamides is 1. The average Bonchev–Trinajstić information content (AvgIpc) is 2.67. The summed E-state index contributed by atoms with van der Waals surface area (Å²) in [4.78, 5) is 24.1. The number of methoxy groups -OCH3 is 1. The van der Waals surface area contributed by atoms with E-state index in [0.29, 0.717) is 5.69 Å². The molecule has 1 amide bonds. The van der Waals surface area contributed by atoms with Crippen molar-refractivity contribution in [1.82, 2.24) is 4.72 Å². The van der Waals surface area contributed by atoms with Crippen LogP contribution in [-0.2, 0) is 19.6 Å². The fourth-order valence-corrected chi connectivity index (χ4v) is 3.40. The van der Waals surface area contributed by atoms with Crippen molar-refractivity contribution < 1.29 is 27.5 Å². The highest BCUT2D eigenvalue weighted by molar-refractivity contribution is 7.89. The minimum Gasteiger partial charge on any atom is -0.495 e. The van der Waals surface area contributed by atoms with Crippen molar-refractivity contribution in [3.05, 3.63) is 53.1 Å². The average molecular weight is 406 g/mol. The predicted molar refractivity (Wildman–Crippen MR) is 104 cm³/mol. The third-order valence-corrected chi connectivity index (χ3v) is 5.38. The van der Waals surface area contributed by atoms with Crippen molar-refractivity contribution in [2.45, 2.75) is 18.7 Å². The number of hydrogen-bond donors (Lipinski definition) is 2. The third-order valence-electron chi connectivity index (χ3n) is 3.95. The van der Waals surface area contributed by atoms with Gasteiger partial charge in [0.15, 0.2) is 6.61 Å². The van der Waals surface area contributed by atoms with E-state index in [9.17, 15) is 18.0 Å². The smallest absolute Gasteiger partial charge is 0.338 e. The van der Waals surface area contributed by atoms with Gasteiger partial charge in [0.2, 0.25) is 10.0 Å². The maximum Gasteiger partial charge on any atom is 0.338 e. The Hall–Kier alpha value is -2.91. The minimum absolute atomic E-state index is 0.0195. The molecular formula is C19H22N2O6S. The molecule has 0 saturated carbocycles. The van der Waals surface area contributed by atoms with Crippen LogP contribution in [0.5, 0.6) is 5.75 Å². The number of carbonyl (C=O) groups is 2. The number of rotatable bonds is 7. The zero-order chi connectivity index (χ0) is 20.9. The van der Waals surface area contributed by atoms with Gasteiger partial charge in [-0.05, 0) is 50.7 Å². The summed E-state index contributed by atoms with van der Waals surface area (Å²) in [5, 5.41) is 2.67. The first-order valence-electron chi connectivity index (χ1n) is 8.33. The predicted octanol–water partition coefficient (Wildman–Crippen LogP) is 2.02. The van der Waals surface area contributed by atoms with E-state index in [2.05, 4.69) is 10.0 Å². The van der Waals surface area contributed by atoms with E-state index in [1.165, 1.54) is 26.3 Å². The van der Waals surface area contributed by atoms with E-state index in [0.717, 1.165) is 17.2 Å². The maximum absolute atomic E-state index is 12.2. The number of esters is 1. The molecule has 0 unspecified atom stereocenters. The molecule has 8 nitrogen and oxygen atoms in total. The van der Waals surface area contributed by atoms with E-state index in [4.69, 9.17) is 9.47 Å². The number of nitrogens with one attached hydrogen (secondary N) is 2. The van der Waals surface area contributed by atoms with Crippen LogP contribution in [0.15, 0.2) is 41.3 Å². The van der Waals surface area contributed by atoms with Gasteiger partial charge in [0, 0.05) is 5.69 Å². The molecule has 2 rings (SSSR count). The Kier molecular flexibility index (Phi) is 6.76. The molecule has 0 radical (unpaired) electrons. The van der Waals surface area contributed by atoms with Crippen LogP contribution >= 0.6 is 0 Å². The van der Waals surface area contributed by atoms with Crippen LogP contribution in [0.4, 0.5) is 5.69 Å². The second-order valence-corrected chi connectivity index (χ2v) is 7.87. The summed E-state index contributed by atoms with van der Waals surface area (Å²) in [5.41, 5.74) is 2.55. The molecule has 28 heavy (non-hydrogen) atoms. The molecule has 0 aliphatic carbocycles. The Morgan fingerprint density at radius 1 is 1.07 bits per heavy atom. The lowest BCUT2D eigenvalue weighted by atomic mass is 10.1. The summed E-state index contributed by atoms with van der Waals surface area (Å²) >= 11 is 0. The molecule has 0 fully saturated rings. The summed E-state index contributed by atoms with van der Waals surface area (Å²) in [5.74, 6) is -1.25. The lowest BCUT2D eigenvalue weighted by molar-refractivity contribution is -0.119.